The molecule has 1 aromatic heterocycles. The molecule has 0 fully saturated rings. The summed E-state index contributed by atoms with van der Waals surface area (Å²) in [6, 6.07) is 15.1. The lowest BCUT2D eigenvalue weighted by Crippen LogP contribution is -2.28. The van der Waals surface area contributed by atoms with Gasteiger partial charge in [-0.05, 0) is 47.4 Å². The van der Waals surface area contributed by atoms with Gasteiger partial charge in [0.1, 0.15) is 11.5 Å². The van der Waals surface area contributed by atoms with Gasteiger partial charge in [0.05, 0.1) is 13.7 Å². The van der Waals surface area contributed by atoms with E-state index in [0.29, 0.717) is 17.5 Å². The van der Waals surface area contributed by atoms with Gasteiger partial charge in [0.15, 0.2) is 6.61 Å². The van der Waals surface area contributed by atoms with Crippen LogP contribution >= 0.6 is 0 Å². The minimum absolute atomic E-state index is 0.0741. The summed E-state index contributed by atoms with van der Waals surface area (Å²) in [6.07, 6.45) is 0. The van der Waals surface area contributed by atoms with Crippen molar-refractivity contribution in [1.29, 1.82) is 0 Å². The zero-order chi connectivity index (χ0) is 20.9. The van der Waals surface area contributed by atoms with Crippen LogP contribution in [-0.2, 0) is 16.8 Å². The van der Waals surface area contributed by atoms with E-state index in [0.717, 1.165) is 11.3 Å². The van der Waals surface area contributed by atoms with E-state index in [9.17, 15) is 4.79 Å². The molecule has 1 N–H and O–H groups in total. The Bertz CT molecular complexity index is 941. The summed E-state index contributed by atoms with van der Waals surface area (Å²) in [7, 11) is 1.61. The summed E-state index contributed by atoms with van der Waals surface area (Å²) in [4.78, 5) is 16.3. The number of carbonyl (C=O) groups is 1. The molecule has 2 aromatic carbocycles. The second-order valence-corrected chi connectivity index (χ2v) is 7.58. The van der Waals surface area contributed by atoms with Crippen LogP contribution in [0.5, 0.6) is 11.5 Å². The van der Waals surface area contributed by atoms with E-state index in [1.165, 1.54) is 5.56 Å². The average Bonchev–Trinajstić information content (AvgIpc) is 3.19. The summed E-state index contributed by atoms with van der Waals surface area (Å²) in [5, 5.41) is 6.64. The number of carbonyl (C=O) groups excluding carboxylic acids is 1. The van der Waals surface area contributed by atoms with Gasteiger partial charge in [0.2, 0.25) is 11.7 Å². The van der Waals surface area contributed by atoms with Crippen LogP contribution in [0.2, 0.25) is 0 Å². The van der Waals surface area contributed by atoms with E-state index in [2.05, 4.69) is 36.2 Å². The Morgan fingerprint density at radius 1 is 1.03 bits per heavy atom. The SMILES string of the molecule is COc1ccc(-c2noc(CNC(=O)COc3ccc(C(C)(C)C)cc3)n2)cc1. The number of benzene rings is 2. The second kappa shape index (κ2) is 8.77. The van der Waals surface area contributed by atoms with Crippen LogP contribution in [0.1, 0.15) is 32.2 Å². The molecular formula is C22H25N3O4. The Morgan fingerprint density at radius 2 is 1.69 bits per heavy atom. The van der Waals surface area contributed by atoms with Crippen LogP contribution in [-0.4, -0.2) is 29.8 Å². The number of nitrogens with zero attached hydrogens (tertiary/aromatic N) is 2. The van der Waals surface area contributed by atoms with E-state index in [1.807, 2.05) is 48.5 Å². The van der Waals surface area contributed by atoms with Gasteiger partial charge in [-0.1, -0.05) is 38.1 Å². The number of nitrogens with one attached hydrogen (secondary N) is 1. The van der Waals surface area contributed by atoms with Crippen LogP contribution in [0, 0.1) is 0 Å². The number of hydrogen-bond acceptors (Lipinski definition) is 6. The molecule has 0 aliphatic carbocycles. The molecule has 3 rings (SSSR count). The smallest absolute Gasteiger partial charge is 0.258 e. The van der Waals surface area contributed by atoms with Crippen LogP contribution in [0.15, 0.2) is 53.1 Å². The molecule has 0 radical (unpaired) electrons. The van der Waals surface area contributed by atoms with Gasteiger partial charge >= 0.3 is 0 Å². The molecule has 0 saturated heterocycles. The number of ether oxygens (including phenoxy) is 2. The monoisotopic (exact) mass is 395 g/mol. The standard InChI is InChI=1S/C22H25N3O4/c1-22(2,3)16-7-11-18(12-8-16)28-14-19(26)23-13-20-24-21(25-29-20)15-5-9-17(27-4)10-6-15/h5-12H,13-14H2,1-4H3,(H,23,26). The molecule has 152 valence electrons. The Hall–Kier alpha value is -3.35. The highest BCUT2D eigenvalue weighted by Crippen LogP contribution is 2.24. The van der Waals surface area contributed by atoms with Crippen molar-refractivity contribution in [1.82, 2.24) is 15.5 Å². The van der Waals surface area contributed by atoms with Gasteiger partial charge < -0.3 is 19.3 Å². The first-order valence-corrected chi connectivity index (χ1v) is 9.32. The summed E-state index contributed by atoms with van der Waals surface area (Å²) < 4.78 is 15.8. The fourth-order valence-electron chi connectivity index (χ4n) is 2.61. The van der Waals surface area contributed by atoms with Crippen LogP contribution < -0.4 is 14.8 Å². The lowest BCUT2D eigenvalue weighted by molar-refractivity contribution is -0.123. The first kappa shape index (κ1) is 20.4. The van der Waals surface area contributed by atoms with E-state index < -0.39 is 0 Å². The largest absolute Gasteiger partial charge is 0.497 e. The van der Waals surface area contributed by atoms with Crippen molar-refractivity contribution in [2.45, 2.75) is 32.7 Å². The summed E-state index contributed by atoms with van der Waals surface area (Å²) in [6.45, 7) is 6.48. The minimum Gasteiger partial charge on any atom is -0.497 e. The van der Waals surface area contributed by atoms with Crippen molar-refractivity contribution in [3.05, 3.63) is 60.0 Å². The predicted molar refractivity (Wildman–Crippen MR) is 109 cm³/mol. The van der Waals surface area contributed by atoms with Crippen molar-refractivity contribution in [2.75, 3.05) is 13.7 Å². The molecule has 1 amide bonds. The number of hydrogen-bond donors (Lipinski definition) is 1. The zero-order valence-electron chi connectivity index (χ0n) is 17.1. The van der Waals surface area contributed by atoms with Crippen molar-refractivity contribution in [3.63, 3.8) is 0 Å². The average molecular weight is 395 g/mol. The van der Waals surface area contributed by atoms with Crippen molar-refractivity contribution < 1.29 is 18.8 Å². The number of amides is 1. The Morgan fingerprint density at radius 3 is 2.31 bits per heavy atom. The molecule has 0 spiro atoms. The third kappa shape index (κ3) is 5.57. The topological polar surface area (TPSA) is 86.5 Å². The van der Waals surface area contributed by atoms with Gasteiger partial charge in [-0.25, -0.2) is 0 Å². The zero-order valence-corrected chi connectivity index (χ0v) is 17.1. The van der Waals surface area contributed by atoms with Gasteiger partial charge in [-0.3, -0.25) is 4.79 Å². The van der Waals surface area contributed by atoms with Gasteiger partial charge in [0, 0.05) is 5.56 Å². The highest BCUT2D eigenvalue weighted by atomic mass is 16.5. The Balaban J connectivity index is 1.47. The molecule has 3 aromatic rings. The van der Waals surface area contributed by atoms with Crippen molar-refractivity contribution >= 4 is 5.91 Å². The normalized spacial score (nSPS) is 11.2. The molecule has 7 nitrogen and oxygen atoms in total. The highest BCUT2D eigenvalue weighted by molar-refractivity contribution is 5.77. The summed E-state index contributed by atoms with van der Waals surface area (Å²) >= 11 is 0. The second-order valence-electron chi connectivity index (χ2n) is 7.58. The molecule has 0 aliphatic heterocycles. The van der Waals surface area contributed by atoms with Crippen LogP contribution in [0.25, 0.3) is 11.4 Å². The lowest BCUT2D eigenvalue weighted by Gasteiger charge is -2.19. The van der Waals surface area contributed by atoms with E-state index in [-0.39, 0.29) is 24.5 Å². The fraction of sp³-hybridized carbons (Fsp3) is 0.318. The fourth-order valence-corrected chi connectivity index (χ4v) is 2.61. The van der Waals surface area contributed by atoms with E-state index in [1.54, 1.807) is 7.11 Å². The number of methoxy groups -OCH3 is 1. The number of rotatable bonds is 7. The molecule has 0 aliphatic rings. The minimum atomic E-state index is -0.269. The molecule has 1 heterocycles. The maximum absolute atomic E-state index is 12.0. The highest BCUT2D eigenvalue weighted by Gasteiger charge is 2.14. The van der Waals surface area contributed by atoms with Gasteiger partial charge in [0.25, 0.3) is 5.91 Å². The maximum Gasteiger partial charge on any atom is 0.258 e. The van der Waals surface area contributed by atoms with Gasteiger partial charge in [-0.2, -0.15) is 4.98 Å². The molecule has 0 bridgehead atoms. The first-order chi connectivity index (χ1) is 13.8. The Kier molecular flexibility index (Phi) is 6.16. The molecule has 0 atom stereocenters. The van der Waals surface area contributed by atoms with Crippen LogP contribution in [0.3, 0.4) is 0 Å². The molecule has 0 saturated carbocycles. The maximum atomic E-state index is 12.0. The van der Waals surface area contributed by atoms with E-state index in [4.69, 9.17) is 14.0 Å². The summed E-state index contributed by atoms with van der Waals surface area (Å²) in [5.74, 6) is 1.89. The molecular weight excluding hydrogens is 370 g/mol. The third-order valence-electron chi connectivity index (χ3n) is 4.34. The molecule has 0 unspecified atom stereocenters. The molecule has 29 heavy (non-hydrogen) atoms. The Labute approximate surface area is 170 Å². The summed E-state index contributed by atoms with van der Waals surface area (Å²) in [5.41, 5.74) is 2.08. The van der Waals surface area contributed by atoms with Crippen molar-refractivity contribution in [2.24, 2.45) is 0 Å². The lowest BCUT2D eigenvalue weighted by atomic mass is 9.87. The van der Waals surface area contributed by atoms with Crippen molar-refractivity contribution in [3.8, 4) is 22.9 Å². The predicted octanol–water partition coefficient (Wildman–Crippen LogP) is 3.74. The van der Waals surface area contributed by atoms with E-state index >= 15 is 0 Å². The van der Waals surface area contributed by atoms with Gasteiger partial charge in [-0.15, -0.1) is 0 Å². The first-order valence-electron chi connectivity index (χ1n) is 9.32. The van der Waals surface area contributed by atoms with Crippen LogP contribution in [0.4, 0.5) is 0 Å². The quantitative estimate of drug-likeness (QED) is 0.656. The molecule has 7 heteroatoms. The number of aromatic nitrogens is 2. The third-order valence-corrected chi connectivity index (χ3v) is 4.34.